The maximum absolute atomic E-state index is 14.5. The molecule has 6 nitrogen and oxygen atoms in total. The van der Waals surface area contributed by atoms with Gasteiger partial charge in [-0.25, -0.2) is 4.39 Å². The summed E-state index contributed by atoms with van der Waals surface area (Å²) in [5.74, 6) is -2.31. The molecule has 0 radical (unpaired) electrons. The molecule has 1 saturated heterocycles. The summed E-state index contributed by atoms with van der Waals surface area (Å²) in [5.41, 5.74) is 0.899. The zero-order valence-corrected chi connectivity index (χ0v) is 16.9. The van der Waals surface area contributed by atoms with Gasteiger partial charge >= 0.3 is 0 Å². The first kappa shape index (κ1) is 22.9. The zero-order chi connectivity index (χ0) is 22.0. The fourth-order valence-corrected chi connectivity index (χ4v) is 3.65. The molecule has 164 valence electrons. The Bertz CT molecular complexity index is 894. The van der Waals surface area contributed by atoms with Crippen molar-refractivity contribution in [2.24, 2.45) is 0 Å². The molecule has 0 saturated carbocycles. The largest absolute Gasteiger partial charge is 0.491 e. The van der Waals surface area contributed by atoms with Gasteiger partial charge < -0.3 is 29.9 Å². The first-order chi connectivity index (χ1) is 14.3. The van der Waals surface area contributed by atoms with Gasteiger partial charge in [0.15, 0.2) is 11.6 Å². The summed E-state index contributed by atoms with van der Waals surface area (Å²) < 4.78 is 39.2. The van der Waals surface area contributed by atoms with Crippen molar-refractivity contribution in [3.63, 3.8) is 0 Å². The van der Waals surface area contributed by atoms with E-state index in [1.807, 2.05) is 0 Å². The molecule has 1 aliphatic rings. The van der Waals surface area contributed by atoms with Gasteiger partial charge in [-0.3, -0.25) is 0 Å². The van der Waals surface area contributed by atoms with Gasteiger partial charge in [0, 0.05) is 11.4 Å². The van der Waals surface area contributed by atoms with Crippen LogP contribution in [-0.4, -0.2) is 58.1 Å². The van der Waals surface area contributed by atoms with Crippen LogP contribution in [0.25, 0.3) is 0 Å². The molecule has 1 heterocycles. The minimum absolute atomic E-state index is 0.0424. The molecule has 0 aliphatic carbocycles. The van der Waals surface area contributed by atoms with Gasteiger partial charge in [-0.2, -0.15) is 4.39 Å². The molecule has 0 spiro atoms. The SMILES string of the molecule is CCOc1ccc(Cc2cc([C@@H]3O[C@H](CO)[C@@H](O)[C@H](O)[C@H]3O)ccc2Cl)c(F)c1F. The number of hydrogen-bond acceptors (Lipinski definition) is 6. The van der Waals surface area contributed by atoms with E-state index in [0.29, 0.717) is 11.1 Å². The van der Waals surface area contributed by atoms with Gasteiger partial charge in [0.05, 0.1) is 13.2 Å². The maximum atomic E-state index is 14.5. The Morgan fingerprint density at radius 2 is 1.73 bits per heavy atom. The van der Waals surface area contributed by atoms with Crippen molar-refractivity contribution in [3.8, 4) is 5.75 Å². The molecule has 4 N–H and O–H groups in total. The first-order valence-electron chi connectivity index (χ1n) is 9.47. The Labute approximate surface area is 177 Å². The third-order valence-electron chi connectivity index (χ3n) is 5.10. The van der Waals surface area contributed by atoms with Crippen LogP contribution in [0.1, 0.15) is 29.7 Å². The fraction of sp³-hybridized carbons (Fsp3) is 0.429. The number of rotatable bonds is 6. The van der Waals surface area contributed by atoms with Gasteiger partial charge in [0.25, 0.3) is 0 Å². The Morgan fingerprint density at radius 1 is 1.00 bits per heavy atom. The quantitative estimate of drug-likeness (QED) is 0.545. The van der Waals surface area contributed by atoms with E-state index >= 15 is 0 Å². The highest BCUT2D eigenvalue weighted by molar-refractivity contribution is 6.31. The summed E-state index contributed by atoms with van der Waals surface area (Å²) in [6.07, 6.45) is -6.63. The Hall–Kier alpha value is -1.81. The summed E-state index contributed by atoms with van der Waals surface area (Å²) in [7, 11) is 0. The van der Waals surface area contributed by atoms with E-state index in [2.05, 4.69) is 0 Å². The van der Waals surface area contributed by atoms with E-state index in [1.54, 1.807) is 19.1 Å². The minimum atomic E-state index is -1.53. The van der Waals surface area contributed by atoms with Gasteiger partial charge in [-0.05, 0) is 35.7 Å². The smallest absolute Gasteiger partial charge is 0.200 e. The molecule has 2 aromatic carbocycles. The van der Waals surface area contributed by atoms with E-state index in [1.165, 1.54) is 18.2 Å². The molecule has 9 heteroatoms. The molecule has 30 heavy (non-hydrogen) atoms. The summed E-state index contributed by atoms with van der Waals surface area (Å²) in [6, 6.07) is 7.35. The van der Waals surface area contributed by atoms with Gasteiger partial charge in [0.1, 0.15) is 30.5 Å². The lowest BCUT2D eigenvalue weighted by molar-refractivity contribution is -0.231. The minimum Gasteiger partial charge on any atom is -0.491 e. The molecular weight excluding hydrogens is 422 g/mol. The van der Waals surface area contributed by atoms with Crippen LogP contribution in [0.4, 0.5) is 8.78 Å². The highest BCUT2D eigenvalue weighted by Crippen LogP contribution is 2.35. The topological polar surface area (TPSA) is 99.4 Å². The second-order valence-electron chi connectivity index (χ2n) is 7.06. The van der Waals surface area contributed by atoms with Crippen LogP contribution < -0.4 is 4.74 Å². The van der Waals surface area contributed by atoms with Crippen molar-refractivity contribution in [1.29, 1.82) is 0 Å². The number of hydrogen-bond donors (Lipinski definition) is 4. The second-order valence-corrected chi connectivity index (χ2v) is 7.47. The lowest BCUT2D eigenvalue weighted by Crippen LogP contribution is -2.55. The van der Waals surface area contributed by atoms with E-state index in [-0.39, 0.29) is 29.4 Å². The van der Waals surface area contributed by atoms with Crippen LogP contribution in [0, 0.1) is 11.6 Å². The maximum Gasteiger partial charge on any atom is 0.200 e. The van der Waals surface area contributed by atoms with Crippen LogP contribution in [0.2, 0.25) is 5.02 Å². The van der Waals surface area contributed by atoms with Crippen molar-refractivity contribution in [2.45, 2.75) is 43.9 Å². The Kier molecular flexibility index (Phi) is 7.28. The lowest BCUT2D eigenvalue weighted by Gasteiger charge is -2.40. The molecule has 3 rings (SSSR count). The van der Waals surface area contributed by atoms with E-state index < -0.39 is 48.8 Å². The molecule has 2 aromatic rings. The van der Waals surface area contributed by atoms with Crippen LogP contribution >= 0.6 is 11.6 Å². The van der Waals surface area contributed by atoms with Crippen molar-refractivity contribution in [2.75, 3.05) is 13.2 Å². The third-order valence-corrected chi connectivity index (χ3v) is 5.47. The van der Waals surface area contributed by atoms with E-state index in [4.69, 9.17) is 21.1 Å². The monoisotopic (exact) mass is 444 g/mol. The van der Waals surface area contributed by atoms with Gasteiger partial charge in [0.2, 0.25) is 5.82 Å². The number of aliphatic hydroxyl groups is 4. The van der Waals surface area contributed by atoms with E-state index in [0.717, 1.165) is 0 Å². The van der Waals surface area contributed by atoms with Crippen LogP contribution in [0.5, 0.6) is 5.75 Å². The van der Waals surface area contributed by atoms with Crippen molar-refractivity contribution in [3.05, 3.63) is 63.7 Å². The molecule has 1 fully saturated rings. The van der Waals surface area contributed by atoms with Crippen LogP contribution in [0.3, 0.4) is 0 Å². The molecule has 0 unspecified atom stereocenters. The summed E-state index contributed by atoms with van der Waals surface area (Å²) in [4.78, 5) is 0. The molecule has 0 bridgehead atoms. The van der Waals surface area contributed by atoms with Crippen molar-refractivity contribution < 1.29 is 38.7 Å². The number of halogens is 3. The molecule has 5 atom stereocenters. The standard InChI is InChI=1S/C21H23ClF2O6/c1-2-29-14-6-4-10(16(23)17(14)24)7-12-8-11(3-5-13(12)22)21-20(28)19(27)18(26)15(9-25)30-21/h3-6,8,15,18-21,25-28H,2,7,9H2,1H3/t15-,18-,19+,20-,21+/m1/s1. The van der Waals surface area contributed by atoms with Crippen molar-refractivity contribution >= 4 is 11.6 Å². The Morgan fingerprint density at radius 3 is 2.40 bits per heavy atom. The second kappa shape index (κ2) is 9.55. The highest BCUT2D eigenvalue weighted by Gasteiger charge is 2.44. The number of ether oxygens (including phenoxy) is 2. The number of benzene rings is 2. The third kappa shape index (κ3) is 4.44. The average molecular weight is 445 g/mol. The molecular formula is C21H23ClF2O6. The fourth-order valence-electron chi connectivity index (χ4n) is 3.46. The summed E-state index contributed by atoms with van der Waals surface area (Å²) in [6.45, 7) is 1.30. The molecule has 0 amide bonds. The molecule has 1 aliphatic heterocycles. The summed E-state index contributed by atoms with van der Waals surface area (Å²) in [5, 5.41) is 39.9. The molecule has 0 aromatic heterocycles. The Balaban J connectivity index is 1.90. The highest BCUT2D eigenvalue weighted by atomic mass is 35.5. The summed E-state index contributed by atoms with van der Waals surface area (Å²) >= 11 is 6.23. The van der Waals surface area contributed by atoms with Gasteiger partial charge in [-0.1, -0.05) is 29.8 Å². The van der Waals surface area contributed by atoms with Gasteiger partial charge in [-0.15, -0.1) is 0 Å². The van der Waals surface area contributed by atoms with Crippen LogP contribution in [0.15, 0.2) is 30.3 Å². The van der Waals surface area contributed by atoms with Crippen LogP contribution in [-0.2, 0) is 11.2 Å². The van der Waals surface area contributed by atoms with E-state index in [9.17, 15) is 29.2 Å². The predicted molar refractivity (Wildman–Crippen MR) is 105 cm³/mol. The normalized spacial score (nSPS) is 26.6. The first-order valence-corrected chi connectivity index (χ1v) is 9.84. The lowest BCUT2D eigenvalue weighted by atomic mass is 9.90. The van der Waals surface area contributed by atoms with Crippen molar-refractivity contribution in [1.82, 2.24) is 0 Å². The average Bonchev–Trinajstić information content (AvgIpc) is 2.73. The zero-order valence-electron chi connectivity index (χ0n) is 16.1. The predicted octanol–water partition coefficient (Wildman–Crippen LogP) is 2.12. The number of aliphatic hydroxyl groups excluding tert-OH is 4.